The van der Waals surface area contributed by atoms with Gasteiger partial charge in [-0.25, -0.2) is 4.39 Å². The Morgan fingerprint density at radius 2 is 1.96 bits per heavy atom. The molecule has 2 aromatic rings. The van der Waals surface area contributed by atoms with Crippen LogP contribution in [0.25, 0.3) is 0 Å². The molecule has 2 aromatic carbocycles. The predicted octanol–water partition coefficient (Wildman–Crippen LogP) is 3.32. The van der Waals surface area contributed by atoms with Gasteiger partial charge in [-0.2, -0.15) is 0 Å². The van der Waals surface area contributed by atoms with Gasteiger partial charge in [-0.1, -0.05) is 41.4 Å². The van der Waals surface area contributed by atoms with Gasteiger partial charge in [-0.3, -0.25) is 4.79 Å². The van der Waals surface area contributed by atoms with E-state index in [1.165, 1.54) is 6.07 Å². The van der Waals surface area contributed by atoms with E-state index in [-0.39, 0.29) is 18.3 Å². The maximum atomic E-state index is 13.9. The standard InChI is InChI=1S/C18H17Cl2FN2O/c19-13-5-8-15(20)17(9-13)22-18(24)11-23(14-6-7-14)10-12-3-1-2-4-16(12)21/h1-5,8-9,14H,6-7,10-11H2,(H,22,24)/p+1. The molecule has 0 spiro atoms. The van der Waals surface area contributed by atoms with Crippen LogP contribution in [0.1, 0.15) is 18.4 Å². The summed E-state index contributed by atoms with van der Waals surface area (Å²) in [6.45, 7) is 0.760. The van der Waals surface area contributed by atoms with Crippen molar-refractivity contribution in [2.75, 3.05) is 11.9 Å². The highest BCUT2D eigenvalue weighted by molar-refractivity contribution is 6.35. The van der Waals surface area contributed by atoms with Gasteiger partial charge in [-0.15, -0.1) is 0 Å². The smallest absolute Gasteiger partial charge is 0.279 e. The molecule has 1 aliphatic carbocycles. The summed E-state index contributed by atoms with van der Waals surface area (Å²) in [7, 11) is 0. The fourth-order valence-electron chi connectivity index (χ4n) is 2.72. The molecule has 0 aliphatic heterocycles. The molecular formula is C18H18Cl2FN2O+. The first kappa shape index (κ1) is 17.2. The third kappa shape index (κ3) is 4.47. The Labute approximate surface area is 150 Å². The average molecular weight is 368 g/mol. The van der Waals surface area contributed by atoms with E-state index in [9.17, 15) is 9.18 Å². The van der Waals surface area contributed by atoms with Crippen LogP contribution in [0.15, 0.2) is 42.5 Å². The summed E-state index contributed by atoms with van der Waals surface area (Å²) in [6.07, 6.45) is 2.13. The largest absolute Gasteiger partial charge is 0.321 e. The molecule has 0 aromatic heterocycles. The number of carbonyl (C=O) groups excluding carboxylic acids is 1. The van der Waals surface area contributed by atoms with Crippen LogP contribution in [0, 0.1) is 5.82 Å². The van der Waals surface area contributed by atoms with Gasteiger partial charge in [0.1, 0.15) is 12.4 Å². The number of rotatable bonds is 6. The fraction of sp³-hybridized carbons (Fsp3) is 0.278. The Kier molecular flexibility index (Phi) is 5.39. The number of anilines is 1. The average Bonchev–Trinajstić information content (AvgIpc) is 3.37. The molecule has 3 rings (SSSR count). The lowest BCUT2D eigenvalue weighted by Gasteiger charge is -2.19. The highest BCUT2D eigenvalue weighted by Crippen LogP contribution is 2.25. The van der Waals surface area contributed by atoms with E-state index in [1.807, 2.05) is 6.07 Å². The lowest BCUT2D eigenvalue weighted by Crippen LogP contribution is -3.13. The first-order valence-corrected chi connectivity index (χ1v) is 8.61. The molecule has 3 nitrogen and oxygen atoms in total. The van der Waals surface area contributed by atoms with Crippen molar-refractivity contribution in [3.8, 4) is 0 Å². The van der Waals surface area contributed by atoms with Crippen molar-refractivity contribution in [1.82, 2.24) is 0 Å². The quantitative estimate of drug-likeness (QED) is 0.806. The summed E-state index contributed by atoms with van der Waals surface area (Å²) in [5.74, 6) is -0.383. The van der Waals surface area contributed by atoms with Gasteiger partial charge in [-0.05, 0) is 24.3 Å². The third-order valence-electron chi connectivity index (χ3n) is 4.12. The van der Waals surface area contributed by atoms with Gasteiger partial charge >= 0.3 is 0 Å². The van der Waals surface area contributed by atoms with Crippen LogP contribution in [-0.4, -0.2) is 18.5 Å². The molecule has 0 radical (unpaired) electrons. The van der Waals surface area contributed by atoms with Crippen LogP contribution < -0.4 is 10.2 Å². The summed E-state index contributed by atoms with van der Waals surface area (Å²) in [4.78, 5) is 13.4. The maximum Gasteiger partial charge on any atom is 0.279 e. The number of halogens is 3. The second-order valence-electron chi connectivity index (χ2n) is 6.05. The van der Waals surface area contributed by atoms with E-state index in [4.69, 9.17) is 23.2 Å². The lowest BCUT2D eigenvalue weighted by atomic mass is 10.2. The van der Waals surface area contributed by atoms with Crippen LogP contribution in [0.5, 0.6) is 0 Å². The van der Waals surface area contributed by atoms with Crippen molar-refractivity contribution in [3.63, 3.8) is 0 Å². The second-order valence-corrected chi connectivity index (χ2v) is 6.89. The first-order valence-electron chi connectivity index (χ1n) is 7.86. The highest BCUT2D eigenvalue weighted by atomic mass is 35.5. The number of quaternary nitrogens is 1. The molecule has 0 heterocycles. The third-order valence-corrected chi connectivity index (χ3v) is 4.68. The van der Waals surface area contributed by atoms with Crippen molar-refractivity contribution in [1.29, 1.82) is 0 Å². The SMILES string of the molecule is O=C(C[NH+](Cc1ccccc1F)C1CC1)Nc1cc(Cl)ccc1Cl. The topological polar surface area (TPSA) is 33.5 Å². The Morgan fingerprint density at radius 1 is 1.21 bits per heavy atom. The van der Waals surface area contributed by atoms with E-state index in [1.54, 1.807) is 30.3 Å². The lowest BCUT2D eigenvalue weighted by molar-refractivity contribution is -0.917. The molecule has 1 fully saturated rings. The van der Waals surface area contributed by atoms with Gasteiger partial charge in [0, 0.05) is 23.4 Å². The number of hydrogen-bond acceptors (Lipinski definition) is 1. The van der Waals surface area contributed by atoms with Crippen molar-refractivity contribution >= 4 is 34.8 Å². The minimum atomic E-state index is -0.228. The van der Waals surface area contributed by atoms with E-state index < -0.39 is 0 Å². The zero-order chi connectivity index (χ0) is 17.1. The molecule has 1 amide bonds. The van der Waals surface area contributed by atoms with Gasteiger partial charge in [0.25, 0.3) is 5.91 Å². The van der Waals surface area contributed by atoms with Crippen LogP contribution in [-0.2, 0) is 11.3 Å². The number of hydrogen-bond donors (Lipinski definition) is 2. The molecule has 1 atom stereocenters. The van der Waals surface area contributed by atoms with E-state index in [2.05, 4.69) is 5.32 Å². The van der Waals surface area contributed by atoms with E-state index in [0.717, 1.165) is 17.7 Å². The van der Waals surface area contributed by atoms with Crippen LogP contribution >= 0.6 is 23.2 Å². The number of benzene rings is 2. The van der Waals surface area contributed by atoms with Gasteiger partial charge in [0.15, 0.2) is 6.54 Å². The van der Waals surface area contributed by atoms with Crippen LogP contribution in [0.3, 0.4) is 0 Å². The highest BCUT2D eigenvalue weighted by Gasteiger charge is 2.35. The van der Waals surface area contributed by atoms with Crippen molar-refractivity contribution in [2.45, 2.75) is 25.4 Å². The Balaban J connectivity index is 1.66. The summed E-state index contributed by atoms with van der Waals surface area (Å²) in [5, 5.41) is 3.74. The predicted molar refractivity (Wildman–Crippen MR) is 94.0 cm³/mol. The number of nitrogens with one attached hydrogen (secondary N) is 2. The Morgan fingerprint density at radius 3 is 2.67 bits per heavy atom. The number of carbonyl (C=O) groups is 1. The van der Waals surface area contributed by atoms with E-state index >= 15 is 0 Å². The summed E-state index contributed by atoms with van der Waals surface area (Å²) in [6, 6.07) is 12.0. The van der Waals surface area contributed by atoms with Crippen LogP contribution in [0.2, 0.25) is 10.0 Å². The Bertz CT molecular complexity index is 750. The number of amides is 1. The molecule has 0 bridgehead atoms. The molecule has 126 valence electrons. The minimum Gasteiger partial charge on any atom is -0.321 e. The second kappa shape index (κ2) is 7.51. The molecule has 1 saturated carbocycles. The normalized spacial score (nSPS) is 15.1. The molecule has 2 N–H and O–H groups in total. The summed E-state index contributed by atoms with van der Waals surface area (Å²) in [5.41, 5.74) is 1.13. The fourth-order valence-corrected chi connectivity index (χ4v) is 3.06. The van der Waals surface area contributed by atoms with Gasteiger partial charge < -0.3 is 10.2 Å². The molecule has 24 heavy (non-hydrogen) atoms. The van der Waals surface area contributed by atoms with E-state index in [0.29, 0.717) is 33.9 Å². The molecular weight excluding hydrogens is 350 g/mol. The van der Waals surface area contributed by atoms with Crippen molar-refractivity contribution in [3.05, 3.63) is 63.9 Å². The zero-order valence-electron chi connectivity index (χ0n) is 13.0. The maximum absolute atomic E-state index is 13.9. The van der Waals surface area contributed by atoms with Gasteiger partial charge in [0.05, 0.1) is 16.8 Å². The van der Waals surface area contributed by atoms with Gasteiger partial charge in [0.2, 0.25) is 0 Å². The zero-order valence-corrected chi connectivity index (χ0v) is 14.5. The van der Waals surface area contributed by atoms with Crippen LogP contribution in [0.4, 0.5) is 10.1 Å². The molecule has 0 saturated heterocycles. The van der Waals surface area contributed by atoms with Crippen molar-refractivity contribution < 1.29 is 14.1 Å². The minimum absolute atomic E-state index is 0.155. The first-order chi connectivity index (χ1) is 11.5. The van der Waals surface area contributed by atoms with Crippen molar-refractivity contribution in [2.24, 2.45) is 0 Å². The monoisotopic (exact) mass is 367 g/mol. The Hall–Kier alpha value is -1.62. The molecule has 6 heteroatoms. The summed E-state index contributed by atoms with van der Waals surface area (Å²) < 4.78 is 13.9. The molecule has 1 aliphatic rings. The summed E-state index contributed by atoms with van der Waals surface area (Å²) >= 11 is 12.0. The molecule has 1 unspecified atom stereocenters.